The van der Waals surface area contributed by atoms with Gasteiger partial charge in [0.2, 0.25) is 0 Å². The quantitative estimate of drug-likeness (QED) is 0.661. The molecular weight excluding hydrogens is 418 g/mol. The maximum atomic E-state index is 13.6. The Balaban J connectivity index is 1.58. The summed E-state index contributed by atoms with van der Waals surface area (Å²) in [5.41, 5.74) is 3.49. The molecule has 8 nitrogen and oxygen atoms in total. The molecule has 2 atom stereocenters. The molecule has 8 heteroatoms. The van der Waals surface area contributed by atoms with E-state index in [0.717, 1.165) is 29.9 Å². The largest absolute Gasteiger partial charge is 0.361 e. The molecular formula is C25H29N5O3. The van der Waals surface area contributed by atoms with Crippen LogP contribution in [0.15, 0.2) is 34.9 Å². The highest BCUT2D eigenvalue weighted by molar-refractivity contribution is 5.97. The standard InChI is InChI=1S/C25H29N5O3/c1-14(2)26-24(31)22-20-12-18-10-11-19(30(18)25(32)21-15(3)28-33-16(21)4)13-29(20)23(27-22)17-8-6-5-7-9-17/h5-9,14,18-19H,10-13H2,1-4H3,(H,26,31)/t18-,19+/m0/s1. The van der Waals surface area contributed by atoms with Crippen molar-refractivity contribution < 1.29 is 14.1 Å². The zero-order chi connectivity index (χ0) is 23.3. The third kappa shape index (κ3) is 3.63. The number of amides is 2. The molecule has 0 unspecified atom stereocenters. The van der Waals surface area contributed by atoms with Gasteiger partial charge in [0.1, 0.15) is 22.8 Å². The molecule has 2 aliphatic rings. The molecule has 2 bridgehead atoms. The molecule has 0 radical (unpaired) electrons. The van der Waals surface area contributed by atoms with E-state index in [4.69, 9.17) is 9.51 Å². The smallest absolute Gasteiger partial charge is 0.271 e. The molecule has 2 aromatic heterocycles. The highest BCUT2D eigenvalue weighted by Gasteiger charge is 2.43. The van der Waals surface area contributed by atoms with E-state index in [2.05, 4.69) is 15.0 Å². The van der Waals surface area contributed by atoms with Crippen LogP contribution < -0.4 is 5.32 Å². The molecule has 2 amide bonds. The molecule has 3 aromatic rings. The molecule has 2 aliphatic heterocycles. The van der Waals surface area contributed by atoms with Crippen molar-refractivity contribution in [3.63, 3.8) is 0 Å². The van der Waals surface area contributed by atoms with Crippen molar-refractivity contribution in [2.24, 2.45) is 0 Å². The van der Waals surface area contributed by atoms with Crippen LogP contribution in [0.4, 0.5) is 0 Å². The Kier molecular flexibility index (Phi) is 5.31. The number of aromatic nitrogens is 3. The van der Waals surface area contributed by atoms with Crippen LogP contribution in [0.25, 0.3) is 11.4 Å². The van der Waals surface area contributed by atoms with E-state index in [1.165, 1.54) is 0 Å². The fourth-order valence-corrected chi connectivity index (χ4v) is 5.23. The third-order valence-corrected chi connectivity index (χ3v) is 6.66. The van der Waals surface area contributed by atoms with Gasteiger partial charge < -0.3 is 19.3 Å². The number of nitrogens with zero attached hydrogens (tertiary/aromatic N) is 4. The van der Waals surface area contributed by atoms with Crippen LogP contribution in [0, 0.1) is 13.8 Å². The Hall–Kier alpha value is -3.42. The topological polar surface area (TPSA) is 93.3 Å². The molecule has 0 saturated carbocycles. The molecule has 1 N–H and O–H groups in total. The van der Waals surface area contributed by atoms with Crippen LogP contribution in [0.5, 0.6) is 0 Å². The van der Waals surface area contributed by atoms with Gasteiger partial charge >= 0.3 is 0 Å². The average Bonchev–Trinajstić information content (AvgIpc) is 3.40. The van der Waals surface area contributed by atoms with E-state index in [-0.39, 0.29) is 29.9 Å². The normalized spacial score (nSPS) is 19.5. The highest BCUT2D eigenvalue weighted by atomic mass is 16.5. The van der Waals surface area contributed by atoms with E-state index in [1.807, 2.05) is 49.1 Å². The highest BCUT2D eigenvalue weighted by Crippen LogP contribution is 2.37. The Labute approximate surface area is 193 Å². The summed E-state index contributed by atoms with van der Waals surface area (Å²) in [6, 6.07) is 9.97. The summed E-state index contributed by atoms with van der Waals surface area (Å²) in [4.78, 5) is 33.5. The fourth-order valence-electron chi connectivity index (χ4n) is 5.23. The van der Waals surface area contributed by atoms with Gasteiger partial charge in [-0.2, -0.15) is 0 Å². The minimum atomic E-state index is -0.169. The molecule has 1 aromatic carbocycles. The molecule has 1 saturated heterocycles. The lowest BCUT2D eigenvalue weighted by atomic mass is 10.0. The second-order valence-electron chi connectivity index (χ2n) is 9.34. The average molecular weight is 448 g/mol. The molecule has 4 heterocycles. The predicted octanol–water partition coefficient (Wildman–Crippen LogP) is 3.52. The van der Waals surface area contributed by atoms with Crippen LogP contribution in [0.2, 0.25) is 0 Å². The van der Waals surface area contributed by atoms with Crippen molar-refractivity contribution in [3.05, 3.63) is 58.7 Å². The number of benzene rings is 1. The lowest BCUT2D eigenvalue weighted by Crippen LogP contribution is -2.42. The first kappa shape index (κ1) is 21.4. The number of carbonyl (C=O) groups excluding carboxylic acids is 2. The first-order valence-corrected chi connectivity index (χ1v) is 11.6. The zero-order valence-electron chi connectivity index (χ0n) is 19.5. The summed E-state index contributed by atoms with van der Waals surface area (Å²) < 4.78 is 7.43. The maximum absolute atomic E-state index is 13.6. The van der Waals surface area contributed by atoms with E-state index in [9.17, 15) is 9.59 Å². The van der Waals surface area contributed by atoms with Crippen molar-refractivity contribution in [1.82, 2.24) is 24.9 Å². The van der Waals surface area contributed by atoms with Gasteiger partial charge in [0.05, 0.1) is 17.4 Å². The summed E-state index contributed by atoms with van der Waals surface area (Å²) in [6.45, 7) is 8.07. The number of aryl methyl sites for hydroxylation is 2. The van der Waals surface area contributed by atoms with Gasteiger partial charge in [-0.05, 0) is 40.5 Å². The van der Waals surface area contributed by atoms with Crippen LogP contribution >= 0.6 is 0 Å². The second kappa shape index (κ2) is 8.17. The van der Waals surface area contributed by atoms with Gasteiger partial charge in [-0.25, -0.2) is 4.98 Å². The first-order chi connectivity index (χ1) is 15.8. The molecule has 0 aliphatic carbocycles. The SMILES string of the molecule is Cc1noc(C)c1C(=O)N1[C@@H]2CC[C@H]1Cc1c(C(=O)NC(C)C)nc(-c3ccccc3)n1C2. The van der Waals surface area contributed by atoms with Gasteiger partial charge in [-0.3, -0.25) is 9.59 Å². The van der Waals surface area contributed by atoms with Crippen molar-refractivity contribution in [3.8, 4) is 11.4 Å². The predicted molar refractivity (Wildman–Crippen MR) is 123 cm³/mol. The summed E-state index contributed by atoms with van der Waals surface area (Å²) >= 11 is 0. The minimum Gasteiger partial charge on any atom is -0.361 e. The number of hydrogen-bond donors (Lipinski definition) is 1. The molecule has 1 fully saturated rings. The van der Waals surface area contributed by atoms with Crippen molar-refractivity contribution >= 4 is 11.8 Å². The first-order valence-electron chi connectivity index (χ1n) is 11.6. The van der Waals surface area contributed by atoms with E-state index in [1.54, 1.807) is 13.8 Å². The van der Waals surface area contributed by atoms with Crippen LogP contribution in [-0.4, -0.2) is 49.5 Å². The number of hydrogen-bond acceptors (Lipinski definition) is 5. The number of imidazole rings is 1. The summed E-state index contributed by atoms with van der Waals surface area (Å²) in [6.07, 6.45) is 2.41. The number of carbonyl (C=O) groups is 2. The Morgan fingerprint density at radius 2 is 1.85 bits per heavy atom. The van der Waals surface area contributed by atoms with Crippen molar-refractivity contribution in [1.29, 1.82) is 0 Å². The zero-order valence-corrected chi connectivity index (χ0v) is 19.5. The van der Waals surface area contributed by atoms with E-state index in [0.29, 0.717) is 35.7 Å². The lowest BCUT2D eigenvalue weighted by molar-refractivity contribution is 0.0663. The molecule has 0 spiro atoms. The lowest BCUT2D eigenvalue weighted by Gasteiger charge is -2.28. The summed E-state index contributed by atoms with van der Waals surface area (Å²) in [5, 5.41) is 6.98. The van der Waals surface area contributed by atoms with E-state index < -0.39 is 0 Å². The van der Waals surface area contributed by atoms with Gasteiger partial charge in [0, 0.05) is 30.6 Å². The third-order valence-electron chi connectivity index (χ3n) is 6.66. The van der Waals surface area contributed by atoms with Gasteiger partial charge in [0.25, 0.3) is 11.8 Å². The summed E-state index contributed by atoms with van der Waals surface area (Å²) in [7, 11) is 0. The van der Waals surface area contributed by atoms with Crippen LogP contribution in [0.3, 0.4) is 0 Å². The fraction of sp³-hybridized carbons (Fsp3) is 0.440. The van der Waals surface area contributed by atoms with Crippen LogP contribution in [0.1, 0.15) is 64.7 Å². The Bertz CT molecular complexity index is 1190. The van der Waals surface area contributed by atoms with Gasteiger partial charge in [-0.1, -0.05) is 35.5 Å². The number of nitrogens with one attached hydrogen (secondary N) is 1. The molecule has 33 heavy (non-hydrogen) atoms. The molecule has 5 rings (SSSR count). The number of rotatable bonds is 4. The van der Waals surface area contributed by atoms with Crippen molar-refractivity contribution in [2.45, 2.75) is 71.6 Å². The van der Waals surface area contributed by atoms with Crippen LogP contribution in [-0.2, 0) is 13.0 Å². The van der Waals surface area contributed by atoms with Gasteiger partial charge in [-0.15, -0.1) is 0 Å². The minimum absolute atomic E-state index is 0.00312. The molecule has 172 valence electrons. The Morgan fingerprint density at radius 3 is 2.52 bits per heavy atom. The number of fused-ring (bicyclic) bond motifs is 3. The maximum Gasteiger partial charge on any atom is 0.271 e. The monoisotopic (exact) mass is 447 g/mol. The van der Waals surface area contributed by atoms with Crippen molar-refractivity contribution in [2.75, 3.05) is 0 Å². The van der Waals surface area contributed by atoms with Gasteiger partial charge in [0.15, 0.2) is 0 Å². The van der Waals surface area contributed by atoms with E-state index >= 15 is 0 Å². The Morgan fingerprint density at radius 1 is 1.12 bits per heavy atom. The summed E-state index contributed by atoms with van der Waals surface area (Å²) in [5.74, 6) is 1.12. The second-order valence-corrected chi connectivity index (χ2v) is 9.34.